The molecule has 264 valence electrons. The van der Waals surface area contributed by atoms with Gasteiger partial charge in [-0.05, 0) is 12.8 Å². The Kier molecular flexibility index (Phi) is 12.8. The van der Waals surface area contributed by atoms with Gasteiger partial charge in [0.1, 0.15) is 67.8 Å². The fourth-order valence-electron chi connectivity index (χ4n) is 6.29. The lowest BCUT2D eigenvalue weighted by Gasteiger charge is -2.47. The molecule has 0 spiro atoms. The molecule has 20 N–H and O–H groups in total. The lowest BCUT2D eigenvalue weighted by Crippen LogP contribution is -2.68. The second-order valence-corrected chi connectivity index (χ2v) is 12.3. The highest BCUT2D eigenvalue weighted by Crippen LogP contribution is 2.31. The summed E-state index contributed by atoms with van der Waals surface area (Å²) in [7, 11) is 0. The van der Waals surface area contributed by atoms with E-state index in [2.05, 4.69) is 0 Å². The first-order valence-corrected chi connectivity index (χ1v) is 14.9. The lowest BCUT2D eigenvalue weighted by molar-refractivity contribution is -0.320. The van der Waals surface area contributed by atoms with Crippen LogP contribution in [0.2, 0.25) is 0 Å². The van der Waals surface area contributed by atoms with Crippen LogP contribution in [0.25, 0.3) is 0 Å². The minimum Gasteiger partial charge on any atom is -0.394 e. The van der Waals surface area contributed by atoms with Crippen LogP contribution >= 0.6 is 0 Å². The van der Waals surface area contributed by atoms with Crippen LogP contribution in [0.4, 0.5) is 0 Å². The van der Waals surface area contributed by atoms with Crippen LogP contribution in [0.1, 0.15) is 12.8 Å². The highest BCUT2D eigenvalue weighted by Gasteiger charge is 2.51. The summed E-state index contributed by atoms with van der Waals surface area (Å²) in [5, 5.41) is 82.6. The molecule has 2 heterocycles. The highest BCUT2D eigenvalue weighted by atomic mass is 16.7. The number of rotatable bonds is 10. The number of nitrogens with two attached hydrogens (primary N) is 6. The van der Waals surface area contributed by atoms with Crippen LogP contribution in [-0.4, -0.2) is 183 Å². The Morgan fingerprint density at radius 2 is 0.844 bits per heavy atom. The third-order valence-corrected chi connectivity index (χ3v) is 9.09. The van der Waals surface area contributed by atoms with E-state index in [4.69, 9.17) is 62.8 Å². The van der Waals surface area contributed by atoms with Gasteiger partial charge in [-0.25, -0.2) is 0 Å². The van der Waals surface area contributed by atoms with Crippen LogP contribution in [0.3, 0.4) is 0 Å². The maximum atomic E-state index is 10.8. The fraction of sp³-hybridized carbons (Fsp3) is 1.00. The van der Waals surface area contributed by atoms with Crippen molar-refractivity contribution in [1.82, 2.24) is 0 Å². The maximum absolute atomic E-state index is 10.8. The van der Waals surface area contributed by atoms with E-state index < -0.39 is 142 Å². The number of aliphatic hydroxyl groups is 8. The minimum absolute atomic E-state index is 0.123. The predicted molar refractivity (Wildman–Crippen MR) is 149 cm³/mol. The first kappa shape index (κ1) is 37.0. The molecule has 2 aliphatic carbocycles. The average Bonchev–Trinajstić information content (AvgIpc) is 3.00. The van der Waals surface area contributed by atoms with Crippen molar-refractivity contribution in [3.8, 4) is 0 Å². The second-order valence-electron chi connectivity index (χ2n) is 12.3. The average molecular weight is 659 g/mol. The summed E-state index contributed by atoms with van der Waals surface area (Å²) in [6, 6.07) is -5.64. The molecule has 0 aromatic heterocycles. The van der Waals surface area contributed by atoms with Crippen molar-refractivity contribution in [2.24, 2.45) is 34.4 Å². The van der Waals surface area contributed by atoms with Crippen LogP contribution in [0.5, 0.6) is 0 Å². The molecule has 2 saturated carbocycles. The third-order valence-electron chi connectivity index (χ3n) is 9.09. The molecule has 8 unspecified atom stereocenters. The van der Waals surface area contributed by atoms with E-state index >= 15 is 0 Å². The number of aliphatic hydroxyl groups excluding tert-OH is 8. The van der Waals surface area contributed by atoms with Gasteiger partial charge in [0.15, 0.2) is 12.6 Å². The molecule has 20 heteroatoms. The first-order valence-electron chi connectivity index (χ1n) is 14.9. The van der Waals surface area contributed by atoms with E-state index in [-0.39, 0.29) is 12.8 Å². The topological polar surface area (TPSA) is 373 Å². The summed E-state index contributed by atoms with van der Waals surface area (Å²) in [6.45, 7) is -1.98. The Balaban J connectivity index is 1.41. The Hall–Kier alpha value is -0.800. The first-order chi connectivity index (χ1) is 21.2. The largest absolute Gasteiger partial charge is 0.394 e. The SMILES string of the molecule is NC1C[C@H](N)[C@H](O)C(O)[C@H]1O[C@@H]1OC(CO)[C@H](O)C(OCO[C@@H]2C(N)[C@@H](O[C@@H]3C(N)C[C@@H](N)C(O)[C@H]3O)OC(CO)[C@H]2O)[C@H]1N. The van der Waals surface area contributed by atoms with Crippen molar-refractivity contribution in [1.29, 1.82) is 0 Å². The number of ether oxygens (including phenoxy) is 6. The summed E-state index contributed by atoms with van der Waals surface area (Å²) >= 11 is 0. The zero-order valence-electron chi connectivity index (χ0n) is 24.6. The minimum atomic E-state index is -1.49. The van der Waals surface area contributed by atoms with Gasteiger partial charge in [0.05, 0.1) is 37.5 Å². The molecule has 0 radical (unpaired) electrons. The van der Waals surface area contributed by atoms with Crippen molar-refractivity contribution < 1.29 is 69.3 Å². The summed E-state index contributed by atoms with van der Waals surface area (Å²) < 4.78 is 34.3. The molecule has 0 aromatic carbocycles. The highest BCUT2D eigenvalue weighted by molar-refractivity contribution is 5.01. The monoisotopic (exact) mass is 658 g/mol. The normalized spacial score (nSPS) is 52.9. The Morgan fingerprint density at radius 3 is 1.18 bits per heavy atom. The van der Waals surface area contributed by atoms with Crippen LogP contribution < -0.4 is 34.4 Å². The molecule has 4 rings (SSSR count). The Morgan fingerprint density at radius 1 is 0.489 bits per heavy atom. The third kappa shape index (κ3) is 7.76. The Bertz CT molecular complexity index is 865. The van der Waals surface area contributed by atoms with Crippen LogP contribution in [-0.2, 0) is 28.4 Å². The second kappa shape index (κ2) is 15.6. The van der Waals surface area contributed by atoms with E-state index in [1.54, 1.807) is 0 Å². The molecule has 20 atom stereocenters. The van der Waals surface area contributed by atoms with E-state index in [9.17, 15) is 40.9 Å². The fourth-order valence-corrected chi connectivity index (χ4v) is 6.29. The zero-order valence-corrected chi connectivity index (χ0v) is 24.6. The van der Waals surface area contributed by atoms with Crippen molar-refractivity contribution in [3.63, 3.8) is 0 Å². The van der Waals surface area contributed by atoms with Crippen LogP contribution in [0.15, 0.2) is 0 Å². The van der Waals surface area contributed by atoms with Gasteiger partial charge in [-0.15, -0.1) is 0 Å². The van der Waals surface area contributed by atoms with E-state index in [0.29, 0.717) is 0 Å². The van der Waals surface area contributed by atoms with E-state index in [1.165, 1.54) is 0 Å². The summed E-state index contributed by atoms with van der Waals surface area (Å²) in [4.78, 5) is 0. The molecule has 2 saturated heterocycles. The van der Waals surface area contributed by atoms with Gasteiger partial charge >= 0.3 is 0 Å². The summed E-state index contributed by atoms with van der Waals surface area (Å²) in [5.41, 5.74) is 36.4. The molecule has 45 heavy (non-hydrogen) atoms. The molecule has 2 aliphatic heterocycles. The van der Waals surface area contributed by atoms with Gasteiger partial charge < -0.3 is 104 Å². The quantitative estimate of drug-likeness (QED) is 0.0968. The van der Waals surface area contributed by atoms with Crippen molar-refractivity contribution in [2.75, 3.05) is 20.0 Å². The predicted octanol–water partition coefficient (Wildman–Crippen LogP) is -9.14. The van der Waals surface area contributed by atoms with Gasteiger partial charge in [-0.1, -0.05) is 0 Å². The summed E-state index contributed by atoms with van der Waals surface area (Å²) in [6.07, 6.45) is -18.5. The van der Waals surface area contributed by atoms with Gasteiger partial charge in [0, 0.05) is 24.2 Å². The number of hydrogen-bond donors (Lipinski definition) is 14. The Labute approximate surface area is 259 Å². The lowest BCUT2D eigenvalue weighted by atomic mass is 9.84. The molecule has 0 aromatic rings. The van der Waals surface area contributed by atoms with E-state index in [0.717, 1.165) is 0 Å². The molecule has 4 aliphatic rings. The van der Waals surface area contributed by atoms with Gasteiger partial charge in [0.25, 0.3) is 0 Å². The maximum Gasteiger partial charge on any atom is 0.176 e. The smallest absolute Gasteiger partial charge is 0.176 e. The molecule has 0 bridgehead atoms. The van der Waals surface area contributed by atoms with Crippen molar-refractivity contribution >= 4 is 0 Å². The molecular weight excluding hydrogens is 608 g/mol. The zero-order chi connectivity index (χ0) is 33.3. The van der Waals surface area contributed by atoms with Gasteiger partial charge in [-0.2, -0.15) is 0 Å². The van der Waals surface area contributed by atoms with Gasteiger partial charge in [-0.3, -0.25) is 0 Å². The van der Waals surface area contributed by atoms with Gasteiger partial charge in [0.2, 0.25) is 0 Å². The molecule has 20 nitrogen and oxygen atoms in total. The van der Waals surface area contributed by atoms with Crippen molar-refractivity contribution in [3.05, 3.63) is 0 Å². The molecular formula is C25H50N6O14. The standard InChI is InChI=1S/C25H50N6O14/c26-6-1-8(28)20(18(38)14(6)34)44-24-12(30)22(16(36)10(3-32)42-24)40-5-41-23-13(31)25(43-11(4-33)17(23)37)45-21-9(29)2-7(27)15(35)19(21)39/h6-25,32-39H,1-5,26-31H2/t6-,7+,8?,9?,10?,11?,12+,13?,14-,15?,16-,17+,18?,19+,20-,21+,22?,23+,24-,25+/m0/s1. The molecule has 4 fully saturated rings. The molecule has 0 amide bonds. The van der Waals surface area contributed by atoms with Crippen molar-refractivity contribution in [2.45, 2.75) is 135 Å². The summed E-state index contributed by atoms with van der Waals surface area (Å²) in [5.74, 6) is 0. The van der Waals surface area contributed by atoms with Crippen LogP contribution in [0, 0.1) is 0 Å². The number of hydrogen-bond acceptors (Lipinski definition) is 20. The van der Waals surface area contributed by atoms with E-state index in [1.807, 2.05) is 0 Å².